The number of hydrogen-bond donors (Lipinski definition) is 1. The van der Waals surface area contributed by atoms with Gasteiger partial charge in [-0.15, -0.1) is 0 Å². The Balaban J connectivity index is 1.59. The van der Waals surface area contributed by atoms with Crippen molar-refractivity contribution in [1.82, 2.24) is 10.4 Å². The number of nitrogens with one attached hydrogen (secondary N) is 1. The molecule has 1 saturated heterocycles. The maximum absolute atomic E-state index is 12.1. The van der Waals surface area contributed by atoms with Gasteiger partial charge in [-0.05, 0) is 12.1 Å². The Hall–Kier alpha value is -1.79. The standard InChI is InChI=1S/C13H16N2O4/c16-13(14-15-5-7-17-8-6-15)12-9-18-10-3-1-2-4-11(10)19-12/h1-4,12H,5-9H2,(H,14,16). The van der Waals surface area contributed by atoms with E-state index in [-0.39, 0.29) is 12.5 Å². The summed E-state index contributed by atoms with van der Waals surface area (Å²) in [5.74, 6) is 1.10. The van der Waals surface area contributed by atoms with Crippen LogP contribution in [0.4, 0.5) is 0 Å². The Bertz CT molecular complexity index is 460. The zero-order chi connectivity index (χ0) is 13.1. The largest absolute Gasteiger partial charge is 0.485 e. The summed E-state index contributed by atoms with van der Waals surface area (Å²) in [6.45, 7) is 2.87. The molecule has 2 aliphatic rings. The number of rotatable bonds is 2. The SMILES string of the molecule is O=C(NN1CCOCC1)C1COc2ccccc2O1. The molecule has 2 aliphatic heterocycles. The lowest BCUT2D eigenvalue weighted by atomic mass is 10.2. The molecule has 1 N–H and O–H groups in total. The Morgan fingerprint density at radius 1 is 1.21 bits per heavy atom. The highest BCUT2D eigenvalue weighted by atomic mass is 16.6. The predicted molar refractivity (Wildman–Crippen MR) is 66.9 cm³/mol. The molecule has 1 fully saturated rings. The van der Waals surface area contributed by atoms with Gasteiger partial charge in [0.25, 0.3) is 5.91 Å². The lowest BCUT2D eigenvalue weighted by Crippen LogP contribution is -2.54. The molecule has 1 aromatic carbocycles. The maximum Gasteiger partial charge on any atom is 0.278 e. The number of hydrazine groups is 1. The van der Waals surface area contributed by atoms with Crippen molar-refractivity contribution in [3.8, 4) is 11.5 Å². The Morgan fingerprint density at radius 3 is 2.74 bits per heavy atom. The first-order valence-electron chi connectivity index (χ1n) is 6.34. The fourth-order valence-electron chi connectivity index (χ4n) is 2.05. The van der Waals surface area contributed by atoms with Crippen LogP contribution < -0.4 is 14.9 Å². The average Bonchev–Trinajstić information content (AvgIpc) is 2.48. The van der Waals surface area contributed by atoms with Crippen LogP contribution in [-0.4, -0.2) is 49.9 Å². The first kappa shape index (κ1) is 12.3. The van der Waals surface area contributed by atoms with Crippen LogP contribution in [0.1, 0.15) is 0 Å². The first-order valence-corrected chi connectivity index (χ1v) is 6.34. The van der Waals surface area contributed by atoms with Crippen LogP contribution >= 0.6 is 0 Å². The van der Waals surface area contributed by atoms with Crippen molar-refractivity contribution in [2.75, 3.05) is 32.9 Å². The predicted octanol–water partition coefficient (Wildman–Crippen LogP) is 0.190. The zero-order valence-electron chi connectivity index (χ0n) is 10.5. The molecular weight excluding hydrogens is 248 g/mol. The number of carbonyl (C=O) groups is 1. The molecule has 0 bridgehead atoms. The number of ether oxygens (including phenoxy) is 3. The normalized spacial score (nSPS) is 22.8. The monoisotopic (exact) mass is 264 g/mol. The van der Waals surface area contributed by atoms with E-state index in [1.54, 1.807) is 6.07 Å². The summed E-state index contributed by atoms with van der Waals surface area (Å²) in [5.41, 5.74) is 2.83. The van der Waals surface area contributed by atoms with Gasteiger partial charge in [0.05, 0.1) is 13.2 Å². The number of nitrogens with zero attached hydrogens (tertiary/aromatic N) is 1. The van der Waals surface area contributed by atoms with E-state index in [1.807, 2.05) is 23.2 Å². The topological polar surface area (TPSA) is 60.0 Å². The molecule has 0 spiro atoms. The summed E-state index contributed by atoms with van der Waals surface area (Å²) in [6, 6.07) is 7.34. The highest BCUT2D eigenvalue weighted by Crippen LogP contribution is 2.30. The third kappa shape index (κ3) is 2.80. The van der Waals surface area contributed by atoms with E-state index >= 15 is 0 Å². The molecule has 0 aliphatic carbocycles. The second-order valence-electron chi connectivity index (χ2n) is 4.44. The average molecular weight is 264 g/mol. The zero-order valence-corrected chi connectivity index (χ0v) is 10.5. The molecule has 0 saturated carbocycles. The van der Waals surface area contributed by atoms with Crippen LogP contribution in [-0.2, 0) is 9.53 Å². The van der Waals surface area contributed by atoms with Gasteiger partial charge in [-0.25, -0.2) is 5.01 Å². The first-order chi connectivity index (χ1) is 9.33. The van der Waals surface area contributed by atoms with Crippen LogP contribution in [0.2, 0.25) is 0 Å². The van der Waals surface area contributed by atoms with E-state index < -0.39 is 6.10 Å². The van der Waals surface area contributed by atoms with E-state index in [2.05, 4.69) is 5.43 Å². The van der Waals surface area contributed by atoms with Gasteiger partial charge >= 0.3 is 0 Å². The summed E-state index contributed by atoms with van der Waals surface area (Å²) in [6.07, 6.45) is -0.613. The number of fused-ring (bicyclic) bond motifs is 1. The fourth-order valence-corrected chi connectivity index (χ4v) is 2.05. The molecule has 0 aromatic heterocycles. The second kappa shape index (κ2) is 5.46. The third-order valence-corrected chi connectivity index (χ3v) is 3.08. The van der Waals surface area contributed by atoms with Crippen molar-refractivity contribution in [2.45, 2.75) is 6.10 Å². The molecule has 1 amide bonds. The van der Waals surface area contributed by atoms with Gasteiger partial charge in [0, 0.05) is 13.1 Å². The van der Waals surface area contributed by atoms with Crippen molar-refractivity contribution < 1.29 is 19.0 Å². The summed E-state index contributed by atoms with van der Waals surface area (Å²) in [4.78, 5) is 12.1. The molecule has 1 unspecified atom stereocenters. The smallest absolute Gasteiger partial charge is 0.278 e. The minimum absolute atomic E-state index is 0.184. The minimum Gasteiger partial charge on any atom is -0.485 e. The van der Waals surface area contributed by atoms with Gasteiger partial charge in [-0.3, -0.25) is 10.2 Å². The number of para-hydroxylation sites is 2. The molecule has 1 aromatic rings. The van der Waals surface area contributed by atoms with E-state index in [0.717, 1.165) is 0 Å². The Labute approximate surface area is 111 Å². The van der Waals surface area contributed by atoms with Gasteiger partial charge in [0.15, 0.2) is 11.5 Å². The van der Waals surface area contributed by atoms with Crippen LogP contribution in [0, 0.1) is 0 Å². The molecular formula is C13H16N2O4. The van der Waals surface area contributed by atoms with Gasteiger partial charge in [-0.2, -0.15) is 0 Å². The summed E-state index contributed by atoms with van der Waals surface area (Å²) >= 11 is 0. The third-order valence-electron chi connectivity index (χ3n) is 3.08. The highest BCUT2D eigenvalue weighted by Gasteiger charge is 2.28. The molecule has 19 heavy (non-hydrogen) atoms. The number of morpholine rings is 1. The van der Waals surface area contributed by atoms with Crippen LogP contribution in [0.3, 0.4) is 0 Å². The van der Waals surface area contributed by atoms with Gasteiger partial charge in [0.2, 0.25) is 6.10 Å². The lowest BCUT2D eigenvalue weighted by Gasteiger charge is -2.30. The van der Waals surface area contributed by atoms with Crippen molar-refractivity contribution in [3.63, 3.8) is 0 Å². The van der Waals surface area contributed by atoms with E-state index in [9.17, 15) is 4.79 Å². The number of carbonyl (C=O) groups excluding carboxylic acids is 1. The van der Waals surface area contributed by atoms with Crippen molar-refractivity contribution >= 4 is 5.91 Å². The Morgan fingerprint density at radius 2 is 1.95 bits per heavy atom. The molecule has 0 radical (unpaired) electrons. The number of hydrogen-bond acceptors (Lipinski definition) is 5. The van der Waals surface area contributed by atoms with Gasteiger partial charge < -0.3 is 14.2 Å². The molecule has 6 heteroatoms. The summed E-state index contributed by atoms with van der Waals surface area (Å²) < 4.78 is 16.4. The minimum atomic E-state index is -0.613. The van der Waals surface area contributed by atoms with E-state index in [1.165, 1.54) is 0 Å². The second-order valence-corrected chi connectivity index (χ2v) is 4.44. The van der Waals surface area contributed by atoms with Gasteiger partial charge in [-0.1, -0.05) is 12.1 Å². The van der Waals surface area contributed by atoms with Gasteiger partial charge in [0.1, 0.15) is 6.61 Å². The molecule has 102 valence electrons. The van der Waals surface area contributed by atoms with Crippen molar-refractivity contribution in [3.05, 3.63) is 24.3 Å². The summed E-state index contributed by atoms with van der Waals surface area (Å²) in [5, 5.41) is 1.84. The quantitative estimate of drug-likeness (QED) is 0.826. The molecule has 1 atom stereocenters. The number of benzene rings is 1. The number of amides is 1. The lowest BCUT2D eigenvalue weighted by molar-refractivity contribution is -0.137. The van der Waals surface area contributed by atoms with Crippen LogP contribution in [0.25, 0.3) is 0 Å². The molecule has 2 heterocycles. The van der Waals surface area contributed by atoms with Crippen LogP contribution in [0.15, 0.2) is 24.3 Å². The molecule has 6 nitrogen and oxygen atoms in total. The molecule has 3 rings (SSSR count). The van der Waals surface area contributed by atoms with Crippen molar-refractivity contribution in [1.29, 1.82) is 0 Å². The fraction of sp³-hybridized carbons (Fsp3) is 0.462. The Kier molecular flexibility index (Phi) is 3.52. The van der Waals surface area contributed by atoms with E-state index in [4.69, 9.17) is 14.2 Å². The highest BCUT2D eigenvalue weighted by molar-refractivity contribution is 5.81. The van der Waals surface area contributed by atoms with E-state index in [0.29, 0.717) is 37.8 Å². The van der Waals surface area contributed by atoms with Crippen LogP contribution in [0.5, 0.6) is 11.5 Å². The van der Waals surface area contributed by atoms with Crippen molar-refractivity contribution in [2.24, 2.45) is 0 Å². The summed E-state index contributed by atoms with van der Waals surface area (Å²) in [7, 11) is 0. The maximum atomic E-state index is 12.1.